The van der Waals surface area contributed by atoms with Gasteiger partial charge in [-0.1, -0.05) is 0 Å². The number of hydrogen-bond donors (Lipinski definition) is 1. The summed E-state index contributed by atoms with van der Waals surface area (Å²) < 4.78 is 5.73. The Kier molecular flexibility index (Phi) is 4.42. The van der Waals surface area contributed by atoms with Crippen LogP contribution in [-0.4, -0.2) is 50.3 Å². The second-order valence-corrected chi connectivity index (χ2v) is 4.98. The third kappa shape index (κ3) is 4.49. The first-order valence-corrected chi connectivity index (χ1v) is 6.38. The molecule has 3 heteroatoms. The van der Waals surface area contributed by atoms with Gasteiger partial charge in [-0.2, -0.15) is 0 Å². The van der Waals surface area contributed by atoms with Gasteiger partial charge < -0.3 is 15.0 Å². The first-order valence-electron chi connectivity index (χ1n) is 6.38. The van der Waals surface area contributed by atoms with Crippen molar-refractivity contribution in [2.45, 2.75) is 44.2 Å². The Morgan fingerprint density at radius 3 is 2.80 bits per heavy atom. The lowest BCUT2D eigenvalue weighted by Crippen LogP contribution is -2.37. The smallest absolute Gasteiger partial charge is 0.0701 e. The van der Waals surface area contributed by atoms with Crippen LogP contribution in [0.5, 0.6) is 0 Å². The first-order chi connectivity index (χ1) is 7.34. The second-order valence-electron chi connectivity index (χ2n) is 4.98. The number of hydrogen-bond acceptors (Lipinski definition) is 3. The highest BCUT2D eigenvalue weighted by Gasteiger charge is 2.20. The number of rotatable bonds is 6. The maximum atomic E-state index is 5.73. The minimum atomic E-state index is 0.490. The molecule has 1 heterocycles. The van der Waals surface area contributed by atoms with E-state index in [9.17, 15) is 0 Å². The summed E-state index contributed by atoms with van der Waals surface area (Å²) in [5.74, 6) is 0. The Hall–Kier alpha value is -0.120. The Morgan fingerprint density at radius 2 is 2.13 bits per heavy atom. The van der Waals surface area contributed by atoms with Gasteiger partial charge >= 0.3 is 0 Å². The Labute approximate surface area is 93.2 Å². The van der Waals surface area contributed by atoms with Crippen LogP contribution in [0.3, 0.4) is 0 Å². The van der Waals surface area contributed by atoms with Crippen LogP contribution in [0.15, 0.2) is 0 Å². The molecule has 2 aliphatic rings. The average molecular weight is 212 g/mol. The van der Waals surface area contributed by atoms with Gasteiger partial charge in [0.1, 0.15) is 0 Å². The predicted molar refractivity (Wildman–Crippen MR) is 62.1 cm³/mol. The van der Waals surface area contributed by atoms with Gasteiger partial charge in [-0.05, 0) is 39.2 Å². The molecule has 0 aromatic carbocycles. The van der Waals surface area contributed by atoms with E-state index < -0.39 is 0 Å². The molecule has 1 aliphatic carbocycles. The van der Waals surface area contributed by atoms with Crippen molar-refractivity contribution in [2.24, 2.45) is 0 Å². The van der Waals surface area contributed by atoms with E-state index in [1.807, 2.05) is 0 Å². The van der Waals surface area contributed by atoms with Crippen molar-refractivity contribution in [1.82, 2.24) is 10.2 Å². The molecule has 1 saturated heterocycles. The number of likely N-dealkylation sites (N-methyl/N-ethyl adjacent to an activating group) is 1. The predicted octanol–water partition coefficient (Wildman–Crippen LogP) is 1.24. The summed E-state index contributed by atoms with van der Waals surface area (Å²) in [6.45, 7) is 4.36. The summed E-state index contributed by atoms with van der Waals surface area (Å²) >= 11 is 0. The van der Waals surface area contributed by atoms with Crippen molar-refractivity contribution >= 4 is 0 Å². The minimum absolute atomic E-state index is 0.490. The molecule has 2 rings (SSSR count). The molecule has 1 atom stereocenters. The normalized spacial score (nSPS) is 27.2. The van der Waals surface area contributed by atoms with E-state index in [0.717, 1.165) is 32.3 Å². The summed E-state index contributed by atoms with van der Waals surface area (Å²) in [5.41, 5.74) is 0. The highest BCUT2D eigenvalue weighted by atomic mass is 16.5. The first kappa shape index (κ1) is 11.4. The van der Waals surface area contributed by atoms with Crippen LogP contribution >= 0.6 is 0 Å². The van der Waals surface area contributed by atoms with Crippen LogP contribution in [0.4, 0.5) is 0 Å². The van der Waals surface area contributed by atoms with Crippen LogP contribution in [0.2, 0.25) is 0 Å². The number of ether oxygens (including phenoxy) is 1. The van der Waals surface area contributed by atoms with Gasteiger partial charge in [0.2, 0.25) is 0 Å². The van der Waals surface area contributed by atoms with Gasteiger partial charge in [-0.3, -0.25) is 0 Å². The minimum Gasteiger partial charge on any atom is -0.377 e. The van der Waals surface area contributed by atoms with Crippen molar-refractivity contribution in [2.75, 3.05) is 33.3 Å². The van der Waals surface area contributed by atoms with E-state index in [-0.39, 0.29) is 0 Å². The van der Waals surface area contributed by atoms with Crippen molar-refractivity contribution < 1.29 is 4.74 Å². The quantitative estimate of drug-likeness (QED) is 0.717. The zero-order valence-corrected chi connectivity index (χ0v) is 9.87. The van der Waals surface area contributed by atoms with Crippen molar-refractivity contribution in [3.63, 3.8) is 0 Å². The molecule has 1 aliphatic heterocycles. The van der Waals surface area contributed by atoms with Gasteiger partial charge in [0.05, 0.1) is 6.10 Å². The van der Waals surface area contributed by atoms with Crippen molar-refractivity contribution in [3.8, 4) is 0 Å². The molecule has 0 aromatic heterocycles. The largest absolute Gasteiger partial charge is 0.377 e. The summed E-state index contributed by atoms with van der Waals surface area (Å²) in [5, 5.41) is 3.54. The molecule has 0 amide bonds. The molecule has 0 aromatic rings. The number of nitrogens with zero attached hydrogens (tertiary/aromatic N) is 1. The second kappa shape index (κ2) is 5.83. The fourth-order valence-electron chi connectivity index (χ4n) is 2.14. The summed E-state index contributed by atoms with van der Waals surface area (Å²) in [6, 6.07) is 0.837. The van der Waals surface area contributed by atoms with Crippen LogP contribution in [0.25, 0.3) is 0 Å². The SMILES string of the molecule is CN(CCNC1CC1)CC1CCCCO1. The Bertz CT molecular complexity index is 176. The fraction of sp³-hybridized carbons (Fsp3) is 1.00. The van der Waals surface area contributed by atoms with Crippen molar-refractivity contribution in [3.05, 3.63) is 0 Å². The van der Waals surface area contributed by atoms with Crippen LogP contribution in [-0.2, 0) is 4.74 Å². The van der Waals surface area contributed by atoms with E-state index in [1.165, 1.54) is 32.1 Å². The summed E-state index contributed by atoms with van der Waals surface area (Å²) in [4.78, 5) is 2.39. The topological polar surface area (TPSA) is 24.5 Å². The lowest BCUT2D eigenvalue weighted by molar-refractivity contribution is -0.00123. The van der Waals surface area contributed by atoms with E-state index >= 15 is 0 Å². The maximum Gasteiger partial charge on any atom is 0.0701 e. The fourth-order valence-corrected chi connectivity index (χ4v) is 2.14. The van der Waals surface area contributed by atoms with Gasteiger partial charge in [0.15, 0.2) is 0 Å². The molecule has 15 heavy (non-hydrogen) atoms. The van der Waals surface area contributed by atoms with Gasteiger partial charge in [-0.25, -0.2) is 0 Å². The van der Waals surface area contributed by atoms with Crippen LogP contribution < -0.4 is 5.32 Å². The Balaban J connectivity index is 1.51. The maximum absolute atomic E-state index is 5.73. The molecule has 88 valence electrons. The number of nitrogens with one attached hydrogen (secondary N) is 1. The van der Waals surface area contributed by atoms with Gasteiger partial charge in [-0.15, -0.1) is 0 Å². The zero-order chi connectivity index (χ0) is 10.5. The lowest BCUT2D eigenvalue weighted by atomic mass is 10.1. The third-order valence-corrected chi connectivity index (χ3v) is 3.29. The third-order valence-electron chi connectivity index (χ3n) is 3.29. The molecule has 0 radical (unpaired) electrons. The monoisotopic (exact) mass is 212 g/mol. The van der Waals surface area contributed by atoms with E-state index in [0.29, 0.717) is 6.10 Å². The zero-order valence-electron chi connectivity index (χ0n) is 9.87. The Morgan fingerprint density at radius 1 is 1.27 bits per heavy atom. The summed E-state index contributed by atoms with van der Waals surface area (Å²) in [6.07, 6.45) is 7.11. The van der Waals surface area contributed by atoms with Gasteiger partial charge in [0.25, 0.3) is 0 Å². The molecule has 1 saturated carbocycles. The molecule has 0 bridgehead atoms. The highest BCUT2D eigenvalue weighted by molar-refractivity contribution is 4.81. The molecule has 3 nitrogen and oxygen atoms in total. The molecule has 1 unspecified atom stereocenters. The van der Waals surface area contributed by atoms with E-state index in [1.54, 1.807) is 0 Å². The standard InChI is InChI=1S/C12H24N2O/c1-14(8-7-13-11-5-6-11)10-12-4-2-3-9-15-12/h11-13H,2-10H2,1H3. The van der Waals surface area contributed by atoms with Crippen LogP contribution in [0.1, 0.15) is 32.1 Å². The lowest BCUT2D eigenvalue weighted by Gasteiger charge is -2.27. The van der Waals surface area contributed by atoms with E-state index in [4.69, 9.17) is 4.74 Å². The van der Waals surface area contributed by atoms with Gasteiger partial charge in [0, 0.05) is 32.3 Å². The average Bonchev–Trinajstić information content (AvgIpc) is 3.03. The van der Waals surface area contributed by atoms with Crippen molar-refractivity contribution in [1.29, 1.82) is 0 Å². The molecule has 1 N–H and O–H groups in total. The molecule has 2 fully saturated rings. The highest BCUT2D eigenvalue weighted by Crippen LogP contribution is 2.18. The molecule has 0 spiro atoms. The van der Waals surface area contributed by atoms with E-state index in [2.05, 4.69) is 17.3 Å². The molecular formula is C12H24N2O. The molecular weight excluding hydrogens is 188 g/mol. The van der Waals surface area contributed by atoms with Crippen LogP contribution in [0, 0.1) is 0 Å². The summed E-state index contributed by atoms with van der Waals surface area (Å²) in [7, 11) is 2.20.